The predicted octanol–water partition coefficient (Wildman–Crippen LogP) is 4.08. The van der Waals surface area contributed by atoms with Crippen molar-refractivity contribution in [2.24, 2.45) is 0 Å². The van der Waals surface area contributed by atoms with E-state index in [-0.39, 0.29) is 26.8 Å². The van der Waals surface area contributed by atoms with Crippen LogP contribution in [0.3, 0.4) is 0 Å². The molecular formula is C24H21N5O4S2. The second kappa shape index (κ2) is 10.5. The normalized spacial score (nSPS) is 11.9. The van der Waals surface area contributed by atoms with Gasteiger partial charge in [0.1, 0.15) is 0 Å². The molecule has 1 heterocycles. The minimum Gasteiger partial charge on any atom is -0.345 e. The molecule has 0 radical (unpaired) electrons. The Balaban J connectivity index is 1.48. The van der Waals surface area contributed by atoms with E-state index in [4.69, 9.17) is 0 Å². The minimum atomic E-state index is -4.17. The Morgan fingerprint density at radius 2 is 1.46 bits per heavy atom. The van der Waals surface area contributed by atoms with E-state index in [9.17, 15) is 18.0 Å². The van der Waals surface area contributed by atoms with Crippen molar-refractivity contribution < 1.29 is 18.0 Å². The van der Waals surface area contributed by atoms with Gasteiger partial charge >= 0.3 is 0 Å². The van der Waals surface area contributed by atoms with Crippen molar-refractivity contribution in [2.45, 2.75) is 17.3 Å². The van der Waals surface area contributed by atoms with Crippen molar-refractivity contribution in [3.8, 4) is 0 Å². The van der Waals surface area contributed by atoms with Crippen molar-refractivity contribution in [3.63, 3.8) is 0 Å². The molecule has 3 N–H and O–H groups in total. The number of amides is 2. The number of anilines is 2. The zero-order valence-corrected chi connectivity index (χ0v) is 20.1. The summed E-state index contributed by atoms with van der Waals surface area (Å²) in [6, 6.07) is 23.8. The molecule has 178 valence electrons. The summed E-state index contributed by atoms with van der Waals surface area (Å²) in [6.07, 6.45) is 0. The van der Waals surface area contributed by atoms with Gasteiger partial charge in [0, 0.05) is 5.56 Å². The zero-order chi connectivity index (χ0) is 24.8. The number of nitrogens with one attached hydrogen (secondary N) is 3. The lowest BCUT2D eigenvalue weighted by atomic mass is 10.1. The van der Waals surface area contributed by atoms with Gasteiger partial charge in [-0.25, -0.2) is 0 Å². The van der Waals surface area contributed by atoms with E-state index in [0.29, 0.717) is 16.9 Å². The van der Waals surface area contributed by atoms with Crippen molar-refractivity contribution in [3.05, 3.63) is 102 Å². The van der Waals surface area contributed by atoms with Gasteiger partial charge in [0.2, 0.25) is 5.13 Å². The number of hydrogen-bond acceptors (Lipinski definition) is 7. The lowest BCUT2D eigenvalue weighted by molar-refractivity contribution is 0.0940. The zero-order valence-electron chi connectivity index (χ0n) is 18.5. The molecule has 0 fully saturated rings. The van der Waals surface area contributed by atoms with Gasteiger partial charge in [-0.1, -0.05) is 72.0 Å². The van der Waals surface area contributed by atoms with Gasteiger partial charge in [0.05, 0.1) is 17.3 Å². The van der Waals surface area contributed by atoms with E-state index in [1.165, 1.54) is 12.1 Å². The number of benzene rings is 3. The van der Waals surface area contributed by atoms with E-state index in [2.05, 4.69) is 25.6 Å². The van der Waals surface area contributed by atoms with E-state index in [1.807, 2.05) is 37.3 Å². The molecular weight excluding hydrogens is 486 g/mol. The Bertz CT molecular complexity index is 1440. The monoisotopic (exact) mass is 507 g/mol. The van der Waals surface area contributed by atoms with Crippen molar-refractivity contribution in [1.29, 1.82) is 0 Å². The van der Waals surface area contributed by atoms with Gasteiger partial charge in [0.25, 0.3) is 26.2 Å². The Kier molecular flexibility index (Phi) is 7.18. The third-order valence-electron chi connectivity index (χ3n) is 4.96. The maximum atomic E-state index is 12.9. The van der Waals surface area contributed by atoms with E-state index < -0.39 is 21.8 Å². The Morgan fingerprint density at radius 1 is 0.829 bits per heavy atom. The lowest BCUT2D eigenvalue weighted by Crippen LogP contribution is -2.28. The van der Waals surface area contributed by atoms with E-state index >= 15 is 0 Å². The van der Waals surface area contributed by atoms with Gasteiger partial charge in [-0.2, -0.15) is 8.42 Å². The first-order valence-corrected chi connectivity index (χ1v) is 12.8. The van der Waals surface area contributed by atoms with Crippen LogP contribution < -0.4 is 15.4 Å². The van der Waals surface area contributed by atoms with Gasteiger partial charge in [-0.15, -0.1) is 10.2 Å². The quantitative estimate of drug-likeness (QED) is 0.308. The molecule has 0 aliphatic heterocycles. The highest BCUT2D eigenvalue weighted by Gasteiger charge is 2.24. The molecule has 11 heteroatoms. The first kappa shape index (κ1) is 24.0. The molecule has 1 atom stereocenters. The van der Waals surface area contributed by atoms with Gasteiger partial charge in [0.15, 0.2) is 0 Å². The second-order valence-electron chi connectivity index (χ2n) is 7.45. The number of aromatic nitrogens is 2. The summed E-state index contributed by atoms with van der Waals surface area (Å²) in [5.41, 5.74) is 1.56. The summed E-state index contributed by atoms with van der Waals surface area (Å²) < 4.78 is 27.9. The van der Waals surface area contributed by atoms with Crippen LogP contribution in [-0.2, 0) is 10.0 Å². The molecule has 1 aromatic heterocycles. The summed E-state index contributed by atoms with van der Waals surface area (Å²) >= 11 is 0.699. The third kappa shape index (κ3) is 5.89. The standard InChI is InChI=1S/C24H21N5O4S2/c1-16(17-10-4-2-5-11-17)25-22(31)19-14-8-9-15-20(19)29-35(32,33)24-28-27-23(34-24)26-21(30)18-12-6-3-7-13-18/h2-16,29H,1H3,(H,25,31)(H,26,27,30)/t16-/m0/s1. The SMILES string of the molecule is C[C@H](NC(=O)c1ccccc1NS(=O)(=O)c1nnc(NC(=O)c2ccccc2)s1)c1ccccc1. The molecule has 0 aliphatic rings. The van der Waals surface area contributed by atoms with Crippen LogP contribution in [0.25, 0.3) is 0 Å². The lowest BCUT2D eigenvalue weighted by Gasteiger charge is -2.16. The highest BCUT2D eigenvalue weighted by atomic mass is 32.2. The van der Waals surface area contributed by atoms with Gasteiger partial charge < -0.3 is 5.32 Å². The molecule has 0 saturated heterocycles. The van der Waals surface area contributed by atoms with Crippen LogP contribution in [0.4, 0.5) is 10.8 Å². The Hall–Kier alpha value is -4.09. The molecule has 4 aromatic rings. The Morgan fingerprint density at radius 3 is 2.17 bits per heavy atom. The van der Waals surface area contributed by atoms with E-state index in [0.717, 1.165) is 5.56 Å². The number of sulfonamides is 1. The van der Waals surface area contributed by atoms with Crippen LogP contribution in [0.5, 0.6) is 0 Å². The third-order valence-corrected chi connectivity index (χ3v) is 7.53. The van der Waals surface area contributed by atoms with Crippen LogP contribution in [0.15, 0.2) is 89.3 Å². The van der Waals surface area contributed by atoms with Crippen LogP contribution in [0, 0.1) is 0 Å². The first-order valence-electron chi connectivity index (χ1n) is 10.5. The minimum absolute atomic E-state index is 0.0296. The predicted molar refractivity (Wildman–Crippen MR) is 134 cm³/mol. The fraction of sp³-hybridized carbons (Fsp3) is 0.0833. The highest BCUT2D eigenvalue weighted by molar-refractivity contribution is 7.94. The molecule has 3 aromatic carbocycles. The molecule has 0 saturated carbocycles. The molecule has 2 amide bonds. The molecule has 0 spiro atoms. The van der Waals surface area contributed by atoms with Gasteiger partial charge in [-0.05, 0) is 36.8 Å². The molecule has 0 aliphatic carbocycles. The van der Waals surface area contributed by atoms with E-state index in [1.54, 1.807) is 42.5 Å². The largest absolute Gasteiger partial charge is 0.345 e. The topological polar surface area (TPSA) is 130 Å². The van der Waals surface area contributed by atoms with Crippen molar-refractivity contribution >= 4 is 44.0 Å². The maximum Gasteiger partial charge on any atom is 0.291 e. The summed E-state index contributed by atoms with van der Waals surface area (Å²) in [5, 5.41) is 12.9. The molecule has 0 unspecified atom stereocenters. The van der Waals surface area contributed by atoms with Crippen LogP contribution >= 0.6 is 11.3 Å². The molecule has 4 rings (SSSR count). The number of carbonyl (C=O) groups excluding carboxylic acids is 2. The number of para-hydroxylation sites is 1. The van der Waals surface area contributed by atoms with Crippen molar-refractivity contribution in [2.75, 3.05) is 10.0 Å². The number of rotatable bonds is 8. The van der Waals surface area contributed by atoms with Crippen LogP contribution in [0.1, 0.15) is 39.2 Å². The van der Waals surface area contributed by atoms with Crippen LogP contribution in [-0.4, -0.2) is 30.4 Å². The fourth-order valence-corrected chi connectivity index (χ4v) is 5.16. The summed E-state index contributed by atoms with van der Waals surface area (Å²) in [4.78, 5) is 25.2. The van der Waals surface area contributed by atoms with Crippen molar-refractivity contribution in [1.82, 2.24) is 15.5 Å². The maximum absolute atomic E-state index is 12.9. The second-order valence-corrected chi connectivity index (χ2v) is 10.3. The molecule has 9 nitrogen and oxygen atoms in total. The average Bonchev–Trinajstić information content (AvgIpc) is 3.35. The van der Waals surface area contributed by atoms with Crippen LogP contribution in [0.2, 0.25) is 0 Å². The van der Waals surface area contributed by atoms with Gasteiger partial charge in [-0.3, -0.25) is 19.6 Å². The smallest absolute Gasteiger partial charge is 0.291 e. The summed E-state index contributed by atoms with van der Waals surface area (Å²) in [5.74, 6) is -0.874. The summed E-state index contributed by atoms with van der Waals surface area (Å²) in [6.45, 7) is 1.84. The number of hydrogen-bond donors (Lipinski definition) is 3. The summed E-state index contributed by atoms with van der Waals surface area (Å²) in [7, 11) is -4.17. The average molecular weight is 508 g/mol. The number of nitrogens with zero attached hydrogens (tertiary/aromatic N) is 2. The number of carbonyl (C=O) groups is 2. The Labute approximate surface area is 206 Å². The molecule has 0 bridgehead atoms. The first-order chi connectivity index (χ1) is 16.8. The highest BCUT2D eigenvalue weighted by Crippen LogP contribution is 2.25. The molecule has 35 heavy (non-hydrogen) atoms. The fourth-order valence-electron chi connectivity index (χ4n) is 3.19.